The van der Waals surface area contributed by atoms with Crippen molar-refractivity contribution in [1.29, 1.82) is 0 Å². The summed E-state index contributed by atoms with van der Waals surface area (Å²) in [7, 11) is 0. The summed E-state index contributed by atoms with van der Waals surface area (Å²) in [5.41, 5.74) is 19.2. The smallest absolute Gasteiger partial charge is 0.0465 e. The minimum absolute atomic E-state index is 0.0759. The average molecular weight is 630 g/mol. The third kappa shape index (κ3) is 4.46. The molecule has 2 aliphatic carbocycles. The van der Waals surface area contributed by atoms with Crippen LogP contribution in [0.25, 0.3) is 44.5 Å². The van der Waals surface area contributed by atoms with Gasteiger partial charge in [0, 0.05) is 27.9 Å². The van der Waals surface area contributed by atoms with Gasteiger partial charge in [0.15, 0.2) is 0 Å². The standard InChI is InChI=1S/C48H39N/c1-47(2)42-23-15-14-22-39(42)40-26-24-35(30-43(40)47)49(34-20-12-7-13-21-34)36-25-27-41-44(31-36)48(3,4)46-38(33-18-10-6-11-19-33)29-28-37(45(41)46)32-16-8-5-9-17-32/h5-31H,1-4H3. The summed E-state index contributed by atoms with van der Waals surface area (Å²) in [6.07, 6.45) is 0. The summed E-state index contributed by atoms with van der Waals surface area (Å²) >= 11 is 0. The van der Waals surface area contributed by atoms with Crippen LogP contribution in [-0.4, -0.2) is 0 Å². The minimum Gasteiger partial charge on any atom is -0.310 e. The lowest BCUT2D eigenvalue weighted by Gasteiger charge is -2.30. The Balaban J connectivity index is 1.25. The molecule has 1 nitrogen and oxygen atoms in total. The van der Waals surface area contributed by atoms with Crippen LogP contribution >= 0.6 is 0 Å². The molecule has 49 heavy (non-hydrogen) atoms. The van der Waals surface area contributed by atoms with Gasteiger partial charge in [-0.15, -0.1) is 0 Å². The Labute approximate surface area is 290 Å². The molecule has 0 aromatic heterocycles. The first kappa shape index (κ1) is 29.5. The van der Waals surface area contributed by atoms with E-state index in [-0.39, 0.29) is 10.8 Å². The van der Waals surface area contributed by atoms with Crippen LogP contribution < -0.4 is 4.90 Å². The van der Waals surface area contributed by atoms with E-state index in [0.29, 0.717) is 0 Å². The van der Waals surface area contributed by atoms with Crippen molar-refractivity contribution >= 4 is 17.1 Å². The number of para-hydroxylation sites is 1. The van der Waals surface area contributed by atoms with E-state index in [9.17, 15) is 0 Å². The van der Waals surface area contributed by atoms with Crippen molar-refractivity contribution in [2.24, 2.45) is 0 Å². The third-order valence-corrected chi connectivity index (χ3v) is 11.0. The first-order valence-corrected chi connectivity index (χ1v) is 17.4. The highest BCUT2D eigenvalue weighted by atomic mass is 15.1. The molecular formula is C48H39N. The van der Waals surface area contributed by atoms with Crippen molar-refractivity contribution < 1.29 is 0 Å². The highest BCUT2D eigenvalue weighted by molar-refractivity contribution is 5.98. The normalized spacial score (nSPS) is 14.4. The third-order valence-electron chi connectivity index (χ3n) is 11.0. The zero-order valence-electron chi connectivity index (χ0n) is 28.5. The van der Waals surface area contributed by atoms with Crippen LogP contribution in [-0.2, 0) is 10.8 Å². The predicted octanol–water partition coefficient (Wildman–Crippen LogP) is 13.1. The fourth-order valence-electron chi connectivity index (χ4n) is 8.64. The van der Waals surface area contributed by atoms with Gasteiger partial charge >= 0.3 is 0 Å². The Morgan fingerprint density at radius 1 is 0.347 bits per heavy atom. The van der Waals surface area contributed by atoms with E-state index in [1.165, 1.54) is 78.1 Å². The minimum atomic E-state index is -0.222. The number of hydrogen-bond donors (Lipinski definition) is 0. The maximum atomic E-state index is 2.46. The van der Waals surface area contributed by atoms with Gasteiger partial charge in [0.05, 0.1) is 0 Å². The Hall–Kier alpha value is -5.66. The second kappa shape index (κ2) is 10.9. The first-order valence-electron chi connectivity index (χ1n) is 17.4. The molecule has 0 saturated carbocycles. The molecular weight excluding hydrogens is 591 g/mol. The van der Waals surface area contributed by atoms with Crippen LogP contribution in [0.5, 0.6) is 0 Å². The van der Waals surface area contributed by atoms with Gasteiger partial charge in [0.2, 0.25) is 0 Å². The molecule has 236 valence electrons. The Kier molecular flexibility index (Phi) is 6.58. The van der Waals surface area contributed by atoms with Crippen LogP contribution in [0, 0.1) is 0 Å². The number of benzene rings is 7. The van der Waals surface area contributed by atoms with Crippen LogP contribution in [0.1, 0.15) is 49.9 Å². The van der Waals surface area contributed by atoms with Crippen LogP contribution in [0.3, 0.4) is 0 Å². The lowest BCUT2D eigenvalue weighted by Crippen LogP contribution is -2.18. The Morgan fingerprint density at radius 2 is 0.816 bits per heavy atom. The van der Waals surface area contributed by atoms with Gasteiger partial charge in [-0.3, -0.25) is 0 Å². The van der Waals surface area contributed by atoms with Crippen LogP contribution in [0.4, 0.5) is 17.1 Å². The maximum Gasteiger partial charge on any atom is 0.0465 e. The molecule has 7 aromatic carbocycles. The van der Waals surface area contributed by atoms with E-state index in [1.807, 2.05) is 0 Å². The molecule has 1 heteroatoms. The van der Waals surface area contributed by atoms with Crippen molar-refractivity contribution in [3.63, 3.8) is 0 Å². The first-order chi connectivity index (χ1) is 23.8. The van der Waals surface area contributed by atoms with Crippen LogP contribution in [0.2, 0.25) is 0 Å². The molecule has 0 saturated heterocycles. The van der Waals surface area contributed by atoms with Crippen molar-refractivity contribution in [2.75, 3.05) is 4.90 Å². The van der Waals surface area contributed by atoms with E-state index in [1.54, 1.807) is 0 Å². The van der Waals surface area contributed by atoms with E-state index < -0.39 is 0 Å². The van der Waals surface area contributed by atoms with E-state index >= 15 is 0 Å². The molecule has 2 aliphatic rings. The number of fused-ring (bicyclic) bond motifs is 6. The van der Waals surface area contributed by atoms with Crippen molar-refractivity contribution in [1.82, 2.24) is 0 Å². The second-order valence-electron chi connectivity index (χ2n) is 14.6. The Bertz CT molecular complexity index is 2370. The summed E-state index contributed by atoms with van der Waals surface area (Å²) in [5.74, 6) is 0. The number of rotatable bonds is 5. The lowest BCUT2D eigenvalue weighted by atomic mass is 9.77. The molecule has 0 unspecified atom stereocenters. The summed E-state index contributed by atoms with van der Waals surface area (Å²) in [6.45, 7) is 9.53. The molecule has 0 amide bonds. The fraction of sp³-hybridized carbons (Fsp3) is 0.125. The molecule has 0 radical (unpaired) electrons. The van der Waals surface area contributed by atoms with Crippen LogP contribution in [0.15, 0.2) is 164 Å². The monoisotopic (exact) mass is 629 g/mol. The summed E-state index contributed by atoms with van der Waals surface area (Å²) in [4.78, 5) is 2.44. The summed E-state index contributed by atoms with van der Waals surface area (Å²) in [5, 5.41) is 0. The van der Waals surface area contributed by atoms with Gasteiger partial charge in [-0.25, -0.2) is 0 Å². The van der Waals surface area contributed by atoms with Crippen molar-refractivity contribution in [2.45, 2.75) is 38.5 Å². The van der Waals surface area contributed by atoms with Crippen molar-refractivity contribution in [3.8, 4) is 44.5 Å². The molecule has 0 N–H and O–H groups in total. The zero-order chi connectivity index (χ0) is 33.3. The number of anilines is 3. The molecule has 0 heterocycles. The van der Waals surface area contributed by atoms with Gasteiger partial charge in [0.1, 0.15) is 0 Å². The second-order valence-corrected chi connectivity index (χ2v) is 14.6. The molecule has 0 spiro atoms. The highest BCUT2D eigenvalue weighted by Gasteiger charge is 2.40. The average Bonchev–Trinajstić information content (AvgIpc) is 3.52. The van der Waals surface area contributed by atoms with E-state index in [4.69, 9.17) is 0 Å². The number of nitrogens with zero attached hydrogens (tertiary/aromatic N) is 1. The largest absolute Gasteiger partial charge is 0.310 e. The quantitative estimate of drug-likeness (QED) is 0.183. The SMILES string of the molecule is CC1(C)c2ccccc2-c2ccc(N(c3ccccc3)c3ccc4c(c3)C(C)(C)c3c(-c5ccccc5)ccc(-c5ccccc5)c3-4)cc21. The molecule has 9 rings (SSSR count). The lowest BCUT2D eigenvalue weighted by molar-refractivity contribution is 0.660. The molecule has 0 bridgehead atoms. The fourth-order valence-corrected chi connectivity index (χ4v) is 8.64. The highest BCUT2D eigenvalue weighted by Crippen LogP contribution is 2.57. The molecule has 7 aromatic rings. The molecule has 0 fully saturated rings. The van der Waals surface area contributed by atoms with Gasteiger partial charge < -0.3 is 4.90 Å². The van der Waals surface area contributed by atoms with Gasteiger partial charge in [0.25, 0.3) is 0 Å². The summed E-state index contributed by atoms with van der Waals surface area (Å²) in [6, 6.07) is 60.4. The van der Waals surface area contributed by atoms with Gasteiger partial charge in [-0.05, 0) is 103 Å². The Morgan fingerprint density at radius 3 is 1.47 bits per heavy atom. The topological polar surface area (TPSA) is 3.24 Å². The zero-order valence-corrected chi connectivity index (χ0v) is 28.5. The van der Waals surface area contributed by atoms with E-state index in [0.717, 1.165) is 5.69 Å². The maximum absolute atomic E-state index is 2.46. The van der Waals surface area contributed by atoms with Gasteiger partial charge in [-0.1, -0.05) is 155 Å². The molecule has 0 aliphatic heterocycles. The number of hydrogen-bond acceptors (Lipinski definition) is 1. The molecule has 0 atom stereocenters. The van der Waals surface area contributed by atoms with E-state index in [2.05, 4.69) is 196 Å². The predicted molar refractivity (Wildman–Crippen MR) is 207 cm³/mol. The van der Waals surface area contributed by atoms with Gasteiger partial charge in [-0.2, -0.15) is 0 Å². The van der Waals surface area contributed by atoms with Crippen molar-refractivity contribution in [3.05, 3.63) is 186 Å². The summed E-state index contributed by atoms with van der Waals surface area (Å²) < 4.78 is 0.